The number of hydrogen-bond acceptors (Lipinski definition) is 2. The Kier molecular flexibility index (Phi) is 3.97. The monoisotopic (exact) mass is 285 g/mol. The molecule has 1 aliphatic heterocycles. The summed E-state index contributed by atoms with van der Waals surface area (Å²) < 4.78 is 18.5. The van der Waals surface area contributed by atoms with Gasteiger partial charge in [0.15, 0.2) is 0 Å². The summed E-state index contributed by atoms with van der Waals surface area (Å²) in [6.45, 7) is 0.865. The topological polar surface area (TPSA) is 29.5 Å². The Bertz CT molecular complexity index is 612. The minimum Gasteiger partial charge on any atom is -0.351 e. The van der Waals surface area contributed by atoms with Gasteiger partial charge in [0.2, 0.25) is 5.91 Å². The van der Waals surface area contributed by atoms with Crippen LogP contribution in [0.25, 0.3) is 0 Å². The Hall–Kier alpha value is -2.20. The zero-order valence-corrected chi connectivity index (χ0v) is 11.5. The summed E-state index contributed by atoms with van der Waals surface area (Å²) >= 11 is 0. The third-order valence-electron chi connectivity index (χ3n) is 3.61. The first kappa shape index (κ1) is 13.8. The number of nitrogens with zero attached hydrogens (tertiary/aromatic N) is 1. The Morgan fingerprint density at radius 2 is 1.86 bits per heavy atom. The summed E-state index contributed by atoms with van der Waals surface area (Å²) in [6.07, 6.45) is 0.203. The fourth-order valence-electron chi connectivity index (χ4n) is 2.42. The van der Waals surface area contributed by atoms with Crippen LogP contribution in [0.1, 0.15) is 17.2 Å². The molecule has 0 aromatic heterocycles. The normalized spacial score (nSPS) is 18.0. The van der Waals surface area contributed by atoms with E-state index >= 15 is 0 Å². The van der Waals surface area contributed by atoms with Gasteiger partial charge in [-0.05, 0) is 23.3 Å². The predicted molar refractivity (Wildman–Crippen MR) is 77.0 cm³/mol. The number of benzene rings is 2. The van der Waals surface area contributed by atoms with Crippen molar-refractivity contribution < 1.29 is 13.9 Å². The molecule has 21 heavy (non-hydrogen) atoms. The summed E-state index contributed by atoms with van der Waals surface area (Å²) in [6, 6.07) is 15.9. The molecule has 1 atom stereocenters. The lowest BCUT2D eigenvalue weighted by Gasteiger charge is -2.14. The van der Waals surface area contributed by atoms with Gasteiger partial charge in [-0.25, -0.2) is 4.39 Å². The molecule has 0 radical (unpaired) electrons. The van der Waals surface area contributed by atoms with Gasteiger partial charge in [0, 0.05) is 0 Å². The van der Waals surface area contributed by atoms with Crippen LogP contribution < -0.4 is 0 Å². The van der Waals surface area contributed by atoms with Gasteiger partial charge in [-0.3, -0.25) is 4.79 Å². The van der Waals surface area contributed by atoms with Crippen molar-refractivity contribution in [2.45, 2.75) is 12.5 Å². The number of rotatable bonds is 3. The zero-order chi connectivity index (χ0) is 14.7. The highest BCUT2D eigenvalue weighted by Gasteiger charge is 2.27. The smallest absolute Gasteiger partial charge is 0.228 e. The molecule has 0 N–H and O–H groups in total. The number of carbonyl (C=O) groups is 1. The van der Waals surface area contributed by atoms with Crippen molar-refractivity contribution in [3.63, 3.8) is 0 Å². The minimum atomic E-state index is -0.292. The van der Waals surface area contributed by atoms with Gasteiger partial charge in [0.25, 0.3) is 0 Å². The summed E-state index contributed by atoms with van der Waals surface area (Å²) in [5.41, 5.74) is 1.89. The largest absolute Gasteiger partial charge is 0.351 e. The average molecular weight is 285 g/mol. The van der Waals surface area contributed by atoms with Crippen molar-refractivity contribution in [1.29, 1.82) is 0 Å². The lowest BCUT2D eigenvalue weighted by molar-refractivity contribution is -0.130. The van der Waals surface area contributed by atoms with Crippen LogP contribution in [0, 0.1) is 5.82 Å². The van der Waals surface area contributed by atoms with E-state index in [1.54, 1.807) is 17.0 Å². The van der Waals surface area contributed by atoms with Crippen LogP contribution in [0.15, 0.2) is 54.6 Å². The van der Waals surface area contributed by atoms with E-state index in [4.69, 9.17) is 4.74 Å². The first-order valence-corrected chi connectivity index (χ1v) is 6.91. The standard InChI is InChI=1S/C17H16FNO2/c18-15-8-6-13(7-9-15)10-17(20)19-11-16(21-12-19)14-4-2-1-3-5-14/h1-9,16H,10-12H2. The number of ether oxygens (including phenoxy) is 1. The van der Waals surface area contributed by atoms with Crippen molar-refractivity contribution in [3.05, 3.63) is 71.5 Å². The van der Waals surface area contributed by atoms with Gasteiger partial charge in [0.05, 0.1) is 13.0 Å². The molecule has 1 unspecified atom stereocenters. The molecule has 0 saturated carbocycles. The molecular weight excluding hydrogens is 269 g/mol. The quantitative estimate of drug-likeness (QED) is 0.868. The zero-order valence-electron chi connectivity index (χ0n) is 11.5. The van der Waals surface area contributed by atoms with E-state index in [2.05, 4.69) is 0 Å². The highest BCUT2D eigenvalue weighted by molar-refractivity contribution is 5.78. The van der Waals surface area contributed by atoms with E-state index in [0.717, 1.165) is 11.1 Å². The van der Waals surface area contributed by atoms with E-state index in [9.17, 15) is 9.18 Å². The lowest BCUT2D eigenvalue weighted by atomic mass is 10.1. The Labute approximate surface area is 123 Å². The molecule has 1 heterocycles. The second-order valence-corrected chi connectivity index (χ2v) is 5.11. The molecule has 108 valence electrons. The molecular formula is C17H16FNO2. The van der Waals surface area contributed by atoms with Crippen LogP contribution >= 0.6 is 0 Å². The molecule has 1 saturated heterocycles. The first-order valence-electron chi connectivity index (χ1n) is 6.91. The molecule has 2 aromatic carbocycles. The highest BCUT2D eigenvalue weighted by Crippen LogP contribution is 2.24. The van der Waals surface area contributed by atoms with Gasteiger partial charge in [-0.15, -0.1) is 0 Å². The summed E-state index contributed by atoms with van der Waals surface area (Å²) in [5, 5.41) is 0. The summed E-state index contributed by atoms with van der Waals surface area (Å²) in [5.74, 6) is -0.292. The van der Waals surface area contributed by atoms with Gasteiger partial charge in [-0.2, -0.15) is 0 Å². The molecule has 4 heteroatoms. The van der Waals surface area contributed by atoms with Gasteiger partial charge in [0.1, 0.15) is 18.7 Å². The first-order chi connectivity index (χ1) is 10.2. The average Bonchev–Trinajstić information content (AvgIpc) is 3.00. The molecule has 1 fully saturated rings. The van der Waals surface area contributed by atoms with Crippen LogP contribution in [0.2, 0.25) is 0 Å². The van der Waals surface area contributed by atoms with Crippen molar-refractivity contribution in [3.8, 4) is 0 Å². The lowest BCUT2D eigenvalue weighted by Crippen LogP contribution is -2.29. The maximum atomic E-state index is 12.8. The predicted octanol–water partition coefficient (Wildman–Crippen LogP) is 2.93. The highest BCUT2D eigenvalue weighted by atomic mass is 19.1. The third-order valence-corrected chi connectivity index (χ3v) is 3.61. The second kappa shape index (κ2) is 6.06. The van der Waals surface area contributed by atoms with Gasteiger partial charge < -0.3 is 9.64 Å². The molecule has 0 aliphatic carbocycles. The van der Waals surface area contributed by atoms with Crippen LogP contribution in [-0.2, 0) is 16.0 Å². The second-order valence-electron chi connectivity index (χ2n) is 5.11. The van der Waals surface area contributed by atoms with Crippen LogP contribution in [0.5, 0.6) is 0 Å². The molecule has 2 aromatic rings. The molecule has 1 aliphatic rings. The number of carbonyl (C=O) groups excluding carboxylic acids is 1. The van der Waals surface area contributed by atoms with Crippen LogP contribution in [0.4, 0.5) is 4.39 Å². The van der Waals surface area contributed by atoms with Gasteiger partial charge >= 0.3 is 0 Å². The van der Waals surface area contributed by atoms with Crippen molar-refractivity contribution in [2.75, 3.05) is 13.3 Å². The van der Waals surface area contributed by atoms with Crippen LogP contribution in [0.3, 0.4) is 0 Å². The maximum absolute atomic E-state index is 12.8. The maximum Gasteiger partial charge on any atom is 0.228 e. The van der Waals surface area contributed by atoms with Crippen molar-refractivity contribution in [1.82, 2.24) is 4.90 Å². The van der Waals surface area contributed by atoms with E-state index in [-0.39, 0.29) is 24.2 Å². The van der Waals surface area contributed by atoms with Crippen molar-refractivity contribution >= 4 is 5.91 Å². The number of hydrogen-bond donors (Lipinski definition) is 0. The SMILES string of the molecule is O=C(Cc1ccc(F)cc1)N1COC(c2ccccc2)C1. The Morgan fingerprint density at radius 3 is 2.57 bits per heavy atom. The summed E-state index contributed by atoms with van der Waals surface area (Å²) in [4.78, 5) is 13.9. The minimum absolute atomic E-state index is 0.0000364. The van der Waals surface area contributed by atoms with E-state index in [0.29, 0.717) is 13.3 Å². The summed E-state index contributed by atoms with van der Waals surface area (Å²) in [7, 11) is 0. The van der Waals surface area contributed by atoms with Gasteiger partial charge in [-0.1, -0.05) is 42.5 Å². The molecule has 1 amide bonds. The number of halogens is 1. The molecule has 3 nitrogen and oxygen atoms in total. The Balaban J connectivity index is 1.61. The van der Waals surface area contributed by atoms with E-state index in [1.165, 1.54) is 12.1 Å². The molecule has 3 rings (SSSR count). The molecule has 0 spiro atoms. The van der Waals surface area contributed by atoms with E-state index < -0.39 is 0 Å². The third kappa shape index (κ3) is 3.28. The number of amides is 1. The fraction of sp³-hybridized carbons (Fsp3) is 0.235. The van der Waals surface area contributed by atoms with E-state index in [1.807, 2.05) is 30.3 Å². The van der Waals surface area contributed by atoms with Crippen molar-refractivity contribution in [2.24, 2.45) is 0 Å². The fourth-order valence-corrected chi connectivity index (χ4v) is 2.42. The van der Waals surface area contributed by atoms with Crippen LogP contribution in [-0.4, -0.2) is 24.1 Å². The Morgan fingerprint density at radius 1 is 1.14 bits per heavy atom. The molecule has 0 bridgehead atoms.